The highest BCUT2D eigenvalue weighted by Crippen LogP contribution is 2.28. The van der Waals surface area contributed by atoms with Crippen molar-refractivity contribution >= 4 is 27.7 Å². The molecule has 1 aliphatic heterocycles. The number of halogens is 1. The third-order valence-corrected chi connectivity index (χ3v) is 2.81. The second-order valence-electron chi connectivity index (χ2n) is 3.28. The standard InChI is InChI=1S/C10H10BrNO2/c11-5-6-12-9(13)7-3-1-2-4-8(7)10(12)14/h1,3H,2,4-6H2. The van der Waals surface area contributed by atoms with E-state index in [9.17, 15) is 9.59 Å². The van der Waals surface area contributed by atoms with Crippen molar-refractivity contribution in [1.82, 2.24) is 4.90 Å². The van der Waals surface area contributed by atoms with Crippen LogP contribution < -0.4 is 0 Å². The number of carbonyl (C=O) groups is 2. The highest BCUT2D eigenvalue weighted by Gasteiger charge is 2.36. The molecule has 0 N–H and O–H groups in total. The molecule has 0 fully saturated rings. The maximum atomic E-state index is 11.7. The van der Waals surface area contributed by atoms with Crippen molar-refractivity contribution < 1.29 is 9.59 Å². The normalized spacial score (nSPS) is 20.8. The Bertz CT molecular complexity index is 357. The first-order valence-electron chi connectivity index (χ1n) is 4.57. The first kappa shape index (κ1) is 9.65. The van der Waals surface area contributed by atoms with Gasteiger partial charge in [0.1, 0.15) is 0 Å². The average Bonchev–Trinajstić information content (AvgIpc) is 2.45. The highest BCUT2D eigenvalue weighted by molar-refractivity contribution is 9.09. The zero-order valence-electron chi connectivity index (χ0n) is 7.62. The minimum absolute atomic E-state index is 0.103. The van der Waals surface area contributed by atoms with Gasteiger partial charge in [0, 0.05) is 23.0 Å². The second-order valence-corrected chi connectivity index (χ2v) is 4.08. The van der Waals surface area contributed by atoms with Crippen LogP contribution in [0.1, 0.15) is 12.8 Å². The van der Waals surface area contributed by atoms with Crippen LogP contribution in [0.5, 0.6) is 0 Å². The van der Waals surface area contributed by atoms with Gasteiger partial charge in [0.15, 0.2) is 0 Å². The fraction of sp³-hybridized carbons (Fsp3) is 0.400. The fourth-order valence-electron chi connectivity index (χ4n) is 1.77. The Balaban J connectivity index is 2.30. The van der Waals surface area contributed by atoms with Gasteiger partial charge in [-0.3, -0.25) is 14.5 Å². The zero-order valence-corrected chi connectivity index (χ0v) is 9.21. The number of carbonyl (C=O) groups excluding carboxylic acids is 2. The first-order valence-corrected chi connectivity index (χ1v) is 5.69. The van der Waals surface area contributed by atoms with E-state index < -0.39 is 0 Å². The molecule has 0 saturated carbocycles. The van der Waals surface area contributed by atoms with Crippen LogP contribution in [-0.4, -0.2) is 28.6 Å². The van der Waals surface area contributed by atoms with Gasteiger partial charge in [-0.15, -0.1) is 0 Å². The van der Waals surface area contributed by atoms with Crippen LogP contribution in [0.15, 0.2) is 23.3 Å². The lowest BCUT2D eigenvalue weighted by Crippen LogP contribution is -2.33. The van der Waals surface area contributed by atoms with Gasteiger partial charge in [-0.2, -0.15) is 0 Å². The highest BCUT2D eigenvalue weighted by atomic mass is 79.9. The van der Waals surface area contributed by atoms with Crippen molar-refractivity contribution in [2.45, 2.75) is 12.8 Å². The van der Waals surface area contributed by atoms with E-state index in [2.05, 4.69) is 15.9 Å². The molecule has 0 bridgehead atoms. The Morgan fingerprint density at radius 1 is 1.36 bits per heavy atom. The van der Waals surface area contributed by atoms with Crippen molar-refractivity contribution in [2.75, 3.05) is 11.9 Å². The van der Waals surface area contributed by atoms with Gasteiger partial charge in [0.2, 0.25) is 0 Å². The van der Waals surface area contributed by atoms with Crippen molar-refractivity contribution in [3.8, 4) is 0 Å². The Morgan fingerprint density at radius 2 is 2.14 bits per heavy atom. The van der Waals surface area contributed by atoms with Gasteiger partial charge in [0.05, 0.1) is 0 Å². The molecule has 2 aliphatic rings. The minimum Gasteiger partial charge on any atom is -0.274 e. The molecule has 0 unspecified atom stereocenters. The SMILES string of the molecule is O=C1C2=C(CCC=C2)C(=O)N1CCBr. The van der Waals surface area contributed by atoms with Crippen LogP contribution in [0.4, 0.5) is 0 Å². The van der Waals surface area contributed by atoms with E-state index in [-0.39, 0.29) is 11.8 Å². The molecule has 4 heteroatoms. The van der Waals surface area contributed by atoms with Crippen molar-refractivity contribution in [1.29, 1.82) is 0 Å². The molecule has 1 heterocycles. The lowest BCUT2D eigenvalue weighted by molar-refractivity contribution is -0.137. The molecule has 1 aliphatic carbocycles. The minimum atomic E-state index is -0.139. The molecule has 0 aromatic rings. The summed E-state index contributed by atoms with van der Waals surface area (Å²) in [6.07, 6.45) is 5.28. The van der Waals surface area contributed by atoms with E-state index in [1.54, 1.807) is 6.08 Å². The summed E-state index contributed by atoms with van der Waals surface area (Å²) in [5, 5.41) is 0.634. The number of alkyl halides is 1. The van der Waals surface area contributed by atoms with Crippen LogP contribution in [0.2, 0.25) is 0 Å². The lowest BCUT2D eigenvalue weighted by atomic mass is 10.00. The molecular formula is C10H10BrNO2. The molecule has 2 amide bonds. The van der Waals surface area contributed by atoms with Gasteiger partial charge >= 0.3 is 0 Å². The maximum absolute atomic E-state index is 11.7. The summed E-state index contributed by atoms with van der Waals surface area (Å²) in [6.45, 7) is 0.457. The summed E-state index contributed by atoms with van der Waals surface area (Å²) >= 11 is 3.23. The van der Waals surface area contributed by atoms with Crippen molar-refractivity contribution in [3.05, 3.63) is 23.3 Å². The molecule has 14 heavy (non-hydrogen) atoms. The van der Waals surface area contributed by atoms with Gasteiger partial charge in [-0.1, -0.05) is 28.1 Å². The smallest absolute Gasteiger partial charge is 0.261 e. The van der Waals surface area contributed by atoms with Crippen molar-refractivity contribution in [2.24, 2.45) is 0 Å². The molecule has 3 nitrogen and oxygen atoms in total. The fourth-order valence-corrected chi connectivity index (χ4v) is 2.13. The third kappa shape index (κ3) is 1.34. The van der Waals surface area contributed by atoms with Crippen LogP contribution in [-0.2, 0) is 9.59 Å². The first-order chi connectivity index (χ1) is 6.75. The van der Waals surface area contributed by atoms with E-state index in [0.717, 1.165) is 6.42 Å². The average molecular weight is 256 g/mol. The Labute approximate surface area is 90.6 Å². The molecule has 0 aromatic heterocycles. The van der Waals surface area contributed by atoms with Crippen LogP contribution >= 0.6 is 15.9 Å². The zero-order chi connectivity index (χ0) is 10.1. The van der Waals surface area contributed by atoms with Gasteiger partial charge in [-0.25, -0.2) is 0 Å². The molecule has 0 aromatic carbocycles. The number of imide groups is 1. The molecular weight excluding hydrogens is 246 g/mol. The van der Waals surface area contributed by atoms with Crippen molar-refractivity contribution in [3.63, 3.8) is 0 Å². The molecule has 2 rings (SSSR count). The molecule has 74 valence electrons. The third-order valence-electron chi connectivity index (χ3n) is 2.46. The predicted octanol–water partition coefficient (Wildman–Crippen LogP) is 1.40. The van der Waals surface area contributed by atoms with Gasteiger partial charge in [-0.05, 0) is 12.8 Å². The predicted molar refractivity (Wildman–Crippen MR) is 55.9 cm³/mol. The summed E-state index contributed by atoms with van der Waals surface area (Å²) in [5.41, 5.74) is 1.29. The van der Waals surface area contributed by atoms with Crippen LogP contribution in [0.3, 0.4) is 0 Å². The Morgan fingerprint density at radius 3 is 2.79 bits per heavy atom. The quantitative estimate of drug-likeness (QED) is 0.553. The number of amides is 2. The van der Waals surface area contributed by atoms with Crippen LogP contribution in [0.25, 0.3) is 0 Å². The number of allylic oxidation sites excluding steroid dienone is 1. The summed E-state index contributed by atoms with van der Waals surface area (Å²) in [4.78, 5) is 24.8. The summed E-state index contributed by atoms with van der Waals surface area (Å²) < 4.78 is 0. The second kappa shape index (κ2) is 3.69. The number of rotatable bonds is 2. The van der Waals surface area contributed by atoms with E-state index in [1.807, 2.05) is 6.08 Å². The van der Waals surface area contributed by atoms with Crippen LogP contribution in [0, 0.1) is 0 Å². The number of hydrogen-bond donors (Lipinski definition) is 0. The van der Waals surface area contributed by atoms with Gasteiger partial charge < -0.3 is 0 Å². The summed E-state index contributed by atoms with van der Waals surface area (Å²) in [7, 11) is 0. The van der Waals surface area contributed by atoms with E-state index in [0.29, 0.717) is 29.4 Å². The Kier molecular flexibility index (Phi) is 2.54. The lowest BCUT2D eigenvalue weighted by Gasteiger charge is -2.12. The molecule has 0 saturated heterocycles. The molecule has 0 radical (unpaired) electrons. The molecule has 0 spiro atoms. The molecule has 0 atom stereocenters. The number of nitrogens with zero attached hydrogens (tertiary/aromatic N) is 1. The largest absolute Gasteiger partial charge is 0.274 e. The summed E-state index contributed by atoms with van der Waals surface area (Å²) in [5.74, 6) is -0.241. The van der Waals surface area contributed by atoms with E-state index >= 15 is 0 Å². The Hall–Kier alpha value is -0.900. The topological polar surface area (TPSA) is 37.4 Å². The summed E-state index contributed by atoms with van der Waals surface area (Å²) in [6, 6.07) is 0. The van der Waals surface area contributed by atoms with Gasteiger partial charge in [0.25, 0.3) is 11.8 Å². The van der Waals surface area contributed by atoms with E-state index in [1.165, 1.54) is 4.90 Å². The number of hydrogen-bond acceptors (Lipinski definition) is 2. The maximum Gasteiger partial charge on any atom is 0.261 e. The van der Waals surface area contributed by atoms with E-state index in [4.69, 9.17) is 0 Å². The monoisotopic (exact) mass is 255 g/mol.